The molecule has 2 aromatic rings. The van der Waals surface area contributed by atoms with Crippen LogP contribution in [-0.4, -0.2) is 12.5 Å². The molecule has 0 atom stereocenters. The summed E-state index contributed by atoms with van der Waals surface area (Å²) in [5.74, 6) is -0.0332. The quantitative estimate of drug-likeness (QED) is 0.900. The second-order valence-corrected chi connectivity index (χ2v) is 5.77. The molecule has 1 amide bonds. The van der Waals surface area contributed by atoms with E-state index in [9.17, 15) is 4.79 Å². The molecule has 0 aliphatic carbocycles. The number of benzene rings is 2. The molecule has 0 aliphatic heterocycles. The first-order valence-electron chi connectivity index (χ1n) is 6.67. The molecule has 0 unspecified atom stereocenters. The molecule has 0 heterocycles. The standard InChI is InChI=1S/C17H18BrNO/c1-12-7-8-16(18)15(11-12)17(20)19-10-9-14-6-4-3-5-13(14)2/h3-8,11H,9-10H2,1-2H3,(H,19,20). The predicted octanol–water partition coefficient (Wildman–Crippen LogP) is 4.04. The number of carbonyl (C=O) groups is 1. The Morgan fingerprint density at radius 3 is 2.65 bits per heavy atom. The van der Waals surface area contributed by atoms with Crippen LogP contribution in [0.4, 0.5) is 0 Å². The molecule has 20 heavy (non-hydrogen) atoms. The van der Waals surface area contributed by atoms with E-state index in [-0.39, 0.29) is 5.91 Å². The van der Waals surface area contributed by atoms with Crippen molar-refractivity contribution in [2.75, 3.05) is 6.54 Å². The Labute approximate surface area is 128 Å². The van der Waals surface area contributed by atoms with Crippen molar-refractivity contribution < 1.29 is 4.79 Å². The number of nitrogens with one attached hydrogen (secondary N) is 1. The van der Waals surface area contributed by atoms with Gasteiger partial charge in [0.2, 0.25) is 0 Å². The van der Waals surface area contributed by atoms with E-state index in [0.29, 0.717) is 12.1 Å². The van der Waals surface area contributed by atoms with Crippen molar-refractivity contribution in [1.82, 2.24) is 5.32 Å². The number of halogens is 1. The maximum Gasteiger partial charge on any atom is 0.252 e. The molecule has 0 saturated carbocycles. The van der Waals surface area contributed by atoms with E-state index in [4.69, 9.17) is 0 Å². The van der Waals surface area contributed by atoms with E-state index in [2.05, 4.69) is 40.3 Å². The van der Waals surface area contributed by atoms with Gasteiger partial charge in [-0.1, -0.05) is 35.9 Å². The van der Waals surface area contributed by atoms with Gasteiger partial charge in [-0.3, -0.25) is 4.79 Å². The summed E-state index contributed by atoms with van der Waals surface area (Å²) in [6.07, 6.45) is 0.849. The average molecular weight is 332 g/mol. The van der Waals surface area contributed by atoms with Crippen molar-refractivity contribution >= 4 is 21.8 Å². The Morgan fingerprint density at radius 1 is 1.15 bits per heavy atom. The number of rotatable bonds is 4. The fourth-order valence-electron chi connectivity index (χ4n) is 2.11. The summed E-state index contributed by atoms with van der Waals surface area (Å²) in [5, 5.41) is 2.97. The first kappa shape index (κ1) is 14.8. The van der Waals surface area contributed by atoms with E-state index in [1.807, 2.05) is 37.3 Å². The highest BCUT2D eigenvalue weighted by Crippen LogP contribution is 2.18. The van der Waals surface area contributed by atoms with Gasteiger partial charge in [0.15, 0.2) is 0 Å². The van der Waals surface area contributed by atoms with E-state index >= 15 is 0 Å². The number of hydrogen-bond donors (Lipinski definition) is 1. The van der Waals surface area contributed by atoms with Crippen LogP contribution < -0.4 is 5.32 Å². The molecule has 0 saturated heterocycles. The van der Waals surface area contributed by atoms with Crippen molar-refractivity contribution in [2.24, 2.45) is 0 Å². The zero-order valence-corrected chi connectivity index (χ0v) is 13.3. The number of aryl methyl sites for hydroxylation is 2. The highest BCUT2D eigenvalue weighted by Gasteiger charge is 2.09. The Morgan fingerprint density at radius 2 is 1.90 bits per heavy atom. The number of amides is 1. The molecule has 0 aliphatic rings. The lowest BCUT2D eigenvalue weighted by molar-refractivity contribution is 0.0953. The number of hydrogen-bond acceptors (Lipinski definition) is 1. The summed E-state index contributed by atoms with van der Waals surface area (Å²) in [6.45, 7) is 4.72. The van der Waals surface area contributed by atoms with Crippen molar-refractivity contribution in [3.05, 3.63) is 69.2 Å². The van der Waals surface area contributed by atoms with Gasteiger partial charge in [0.25, 0.3) is 5.91 Å². The van der Waals surface area contributed by atoms with Crippen LogP contribution in [0.1, 0.15) is 27.0 Å². The summed E-state index contributed by atoms with van der Waals surface area (Å²) in [7, 11) is 0. The van der Waals surface area contributed by atoms with Gasteiger partial charge in [-0.05, 0) is 59.5 Å². The molecule has 1 N–H and O–H groups in total. The van der Waals surface area contributed by atoms with Crippen molar-refractivity contribution in [3.63, 3.8) is 0 Å². The minimum Gasteiger partial charge on any atom is -0.352 e. The van der Waals surface area contributed by atoms with Crippen LogP contribution in [0.15, 0.2) is 46.9 Å². The molecule has 2 rings (SSSR count). The SMILES string of the molecule is Cc1ccc(Br)c(C(=O)NCCc2ccccc2C)c1. The monoisotopic (exact) mass is 331 g/mol. The van der Waals surface area contributed by atoms with Gasteiger partial charge in [-0.2, -0.15) is 0 Å². The minimum absolute atomic E-state index is 0.0332. The Hall–Kier alpha value is -1.61. The van der Waals surface area contributed by atoms with E-state index in [1.165, 1.54) is 11.1 Å². The largest absolute Gasteiger partial charge is 0.352 e. The summed E-state index contributed by atoms with van der Waals surface area (Å²) >= 11 is 3.42. The smallest absolute Gasteiger partial charge is 0.252 e. The zero-order valence-electron chi connectivity index (χ0n) is 11.7. The van der Waals surface area contributed by atoms with Gasteiger partial charge >= 0.3 is 0 Å². The second kappa shape index (κ2) is 6.71. The molecule has 2 aromatic carbocycles. The fraction of sp³-hybridized carbons (Fsp3) is 0.235. The summed E-state index contributed by atoms with van der Waals surface area (Å²) in [4.78, 5) is 12.2. The molecule has 104 valence electrons. The molecule has 2 nitrogen and oxygen atoms in total. The van der Waals surface area contributed by atoms with E-state index < -0.39 is 0 Å². The first-order chi connectivity index (χ1) is 9.58. The fourth-order valence-corrected chi connectivity index (χ4v) is 2.54. The van der Waals surface area contributed by atoms with E-state index in [1.54, 1.807) is 0 Å². The Bertz CT molecular complexity index is 622. The summed E-state index contributed by atoms with van der Waals surface area (Å²) < 4.78 is 0.830. The third-order valence-corrected chi connectivity index (χ3v) is 4.00. The molecule has 0 radical (unpaired) electrons. The predicted molar refractivity (Wildman–Crippen MR) is 86.1 cm³/mol. The van der Waals surface area contributed by atoms with Crippen LogP contribution in [0.2, 0.25) is 0 Å². The van der Waals surface area contributed by atoms with Crippen LogP contribution >= 0.6 is 15.9 Å². The third-order valence-electron chi connectivity index (χ3n) is 3.31. The summed E-state index contributed by atoms with van der Waals surface area (Å²) in [5.41, 5.74) is 4.31. The molecular formula is C17H18BrNO. The minimum atomic E-state index is -0.0332. The molecule has 0 bridgehead atoms. The third kappa shape index (κ3) is 3.70. The molecule has 3 heteroatoms. The van der Waals surface area contributed by atoms with Gasteiger partial charge in [0, 0.05) is 11.0 Å². The highest BCUT2D eigenvalue weighted by molar-refractivity contribution is 9.10. The van der Waals surface area contributed by atoms with Gasteiger partial charge in [0.05, 0.1) is 5.56 Å². The van der Waals surface area contributed by atoms with Gasteiger partial charge in [-0.25, -0.2) is 0 Å². The van der Waals surface area contributed by atoms with Gasteiger partial charge < -0.3 is 5.32 Å². The first-order valence-corrected chi connectivity index (χ1v) is 7.46. The lowest BCUT2D eigenvalue weighted by Gasteiger charge is -2.09. The molecule has 0 fully saturated rings. The average Bonchev–Trinajstić information content (AvgIpc) is 2.43. The second-order valence-electron chi connectivity index (χ2n) is 4.92. The van der Waals surface area contributed by atoms with Crippen molar-refractivity contribution in [2.45, 2.75) is 20.3 Å². The van der Waals surface area contributed by atoms with E-state index in [0.717, 1.165) is 16.5 Å². The Kier molecular flexibility index (Phi) is 4.96. The maximum absolute atomic E-state index is 12.2. The molecule has 0 spiro atoms. The van der Waals surface area contributed by atoms with Gasteiger partial charge in [-0.15, -0.1) is 0 Å². The molecule has 0 aromatic heterocycles. The lowest BCUT2D eigenvalue weighted by atomic mass is 10.1. The van der Waals surface area contributed by atoms with Crippen LogP contribution in [-0.2, 0) is 6.42 Å². The normalized spacial score (nSPS) is 10.3. The number of carbonyl (C=O) groups excluding carboxylic acids is 1. The van der Waals surface area contributed by atoms with Crippen LogP contribution in [0.3, 0.4) is 0 Å². The van der Waals surface area contributed by atoms with Crippen molar-refractivity contribution in [1.29, 1.82) is 0 Å². The van der Waals surface area contributed by atoms with Crippen LogP contribution in [0.5, 0.6) is 0 Å². The van der Waals surface area contributed by atoms with Crippen molar-refractivity contribution in [3.8, 4) is 0 Å². The zero-order chi connectivity index (χ0) is 14.5. The topological polar surface area (TPSA) is 29.1 Å². The van der Waals surface area contributed by atoms with Gasteiger partial charge in [0.1, 0.15) is 0 Å². The maximum atomic E-state index is 12.2. The van der Waals surface area contributed by atoms with Crippen LogP contribution in [0, 0.1) is 13.8 Å². The Balaban J connectivity index is 1.96. The highest BCUT2D eigenvalue weighted by atomic mass is 79.9. The lowest BCUT2D eigenvalue weighted by Crippen LogP contribution is -2.26. The summed E-state index contributed by atoms with van der Waals surface area (Å²) in [6, 6.07) is 14.0. The molecular weight excluding hydrogens is 314 g/mol. The van der Waals surface area contributed by atoms with Crippen LogP contribution in [0.25, 0.3) is 0 Å².